The van der Waals surface area contributed by atoms with Crippen LogP contribution in [0.25, 0.3) is 6.08 Å². The number of hydrogen-bond acceptors (Lipinski definition) is 9. The Bertz CT molecular complexity index is 2240. The van der Waals surface area contributed by atoms with Crippen LogP contribution in [0.2, 0.25) is 5.04 Å². The van der Waals surface area contributed by atoms with Crippen molar-refractivity contribution in [1.29, 1.82) is 0 Å². The topological polar surface area (TPSA) is 105 Å². The molecule has 9 nitrogen and oxygen atoms in total. The standard InChI is InChI=1S/C50H54N2O7Si/c1-37(31-54-36-55-32-38-20-10-5-11-21-38)30-44-52-46(49(53)59-44)45-48(57-34-40-24-14-7-15-25-40)47(56-33-39-22-12-6-13-23-39)43(51-45)35-58-60(50(2,3)4,41-26-16-8-17-27-41)42-28-18-9-19-29-42/h5-30,43,47-48,53H,31-36H2,1-4H3/b37-30-/t43-,47+,48+/m0/s1. The van der Waals surface area contributed by atoms with Crippen molar-refractivity contribution in [3.63, 3.8) is 0 Å². The van der Waals surface area contributed by atoms with Gasteiger partial charge in [0.1, 0.15) is 30.8 Å². The van der Waals surface area contributed by atoms with E-state index in [1.807, 2.05) is 110 Å². The van der Waals surface area contributed by atoms with Crippen molar-refractivity contribution < 1.29 is 32.9 Å². The normalized spacial score (nSPS) is 17.2. The Kier molecular flexibility index (Phi) is 14.4. The predicted molar refractivity (Wildman–Crippen MR) is 238 cm³/mol. The number of rotatable bonds is 19. The zero-order valence-corrected chi connectivity index (χ0v) is 35.8. The van der Waals surface area contributed by atoms with E-state index >= 15 is 0 Å². The summed E-state index contributed by atoms with van der Waals surface area (Å²) in [6, 6.07) is 50.5. The second-order valence-corrected chi connectivity index (χ2v) is 20.3. The van der Waals surface area contributed by atoms with Gasteiger partial charge in [-0.05, 0) is 44.6 Å². The van der Waals surface area contributed by atoms with Crippen LogP contribution in [0, 0.1) is 0 Å². The SMILES string of the molecule is C/C(=C/c1nc(C2=N[C@@H](CO[Si](c3ccccc3)(c3ccccc3)C(C)(C)C)[C@@H](OCc3ccccc3)[C@@H]2OCc2ccccc2)c(O)o1)COCOCc1ccccc1. The molecule has 0 saturated carbocycles. The average molecular weight is 823 g/mol. The molecule has 3 atom stereocenters. The van der Waals surface area contributed by atoms with Gasteiger partial charge in [-0.2, -0.15) is 0 Å². The molecule has 0 amide bonds. The number of benzene rings is 5. The Morgan fingerprint density at radius 3 is 1.72 bits per heavy atom. The zero-order valence-electron chi connectivity index (χ0n) is 34.8. The third-order valence-corrected chi connectivity index (χ3v) is 15.5. The van der Waals surface area contributed by atoms with E-state index in [1.165, 1.54) is 0 Å². The van der Waals surface area contributed by atoms with Crippen molar-refractivity contribution in [3.8, 4) is 5.95 Å². The summed E-state index contributed by atoms with van der Waals surface area (Å²) in [5, 5.41) is 13.5. The minimum absolute atomic E-state index is 0.126. The van der Waals surface area contributed by atoms with Crippen molar-refractivity contribution in [1.82, 2.24) is 4.98 Å². The van der Waals surface area contributed by atoms with Gasteiger partial charge >= 0.3 is 5.95 Å². The van der Waals surface area contributed by atoms with Crippen LogP contribution in [-0.4, -0.2) is 62.4 Å². The molecule has 310 valence electrons. The molecule has 1 N–H and O–H groups in total. The van der Waals surface area contributed by atoms with Gasteiger partial charge in [-0.25, -0.2) is 4.98 Å². The molecule has 1 aliphatic rings. The molecule has 0 saturated heterocycles. The minimum Gasteiger partial charge on any atom is -0.479 e. The predicted octanol–water partition coefficient (Wildman–Crippen LogP) is 8.89. The van der Waals surface area contributed by atoms with E-state index in [0.29, 0.717) is 18.9 Å². The number of aromatic hydroxyl groups is 1. The molecule has 0 spiro atoms. The third kappa shape index (κ3) is 10.5. The van der Waals surface area contributed by atoms with Gasteiger partial charge in [0.2, 0.25) is 5.89 Å². The van der Waals surface area contributed by atoms with Crippen LogP contribution < -0.4 is 10.4 Å². The Morgan fingerprint density at radius 1 is 0.683 bits per heavy atom. The molecule has 0 fully saturated rings. The number of aromatic nitrogens is 1. The first-order valence-electron chi connectivity index (χ1n) is 20.4. The Labute approximate surface area is 354 Å². The quantitative estimate of drug-likeness (QED) is 0.0491. The minimum atomic E-state index is -2.96. The van der Waals surface area contributed by atoms with Gasteiger partial charge < -0.3 is 32.9 Å². The lowest BCUT2D eigenvalue weighted by Gasteiger charge is -2.43. The van der Waals surface area contributed by atoms with Crippen LogP contribution in [0.5, 0.6) is 5.95 Å². The fourth-order valence-corrected chi connectivity index (χ4v) is 12.3. The largest absolute Gasteiger partial charge is 0.479 e. The molecule has 5 aromatic carbocycles. The van der Waals surface area contributed by atoms with Gasteiger partial charge in [-0.1, -0.05) is 172 Å². The molecule has 0 bridgehead atoms. The summed E-state index contributed by atoms with van der Waals surface area (Å²) in [5.41, 5.74) is 4.53. The number of ether oxygens (including phenoxy) is 4. The summed E-state index contributed by atoms with van der Waals surface area (Å²) < 4.78 is 38.3. The number of nitrogens with zero attached hydrogens (tertiary/aromatic N) is 2. The van der Waals surface area contributed by atoms with Gasteiger partial charge in [0, 0.05) is 6.08 Å². The van der Waals surface area contributed by atoms with Crippen molar-refractivity contribution in [2.75, 3.05) is 20.0 Å². The first-order chi connectivity index (χ1) is 29.2. The van der Waals surface area contributed by atoms with Gasteiger partial charge in [-0.3, -0.25) is 4.99 Å². The monoisotopic (exact) mass is 822 g/mol. The highest BCUT2D eigenvalue weighted by Crippen LogP contribution is 2.38. The zero-order chi connectivity index (χ0) is 41.8. The first-order valence-corrected chi connectivity index (χ1v) is 22.3. The van der Waals surface area contributed by atoms with Crippen LogP contribution >= 0.6 is 0 Å². The lowest BCUT2D eigenvalue weighted by Crippen LogP contribution is -2.67. The lowest BCUT2D eigenvalue weighted by molar-refractivity contribution is -0.0627. The van der Waals surface area contributed by atoms with Crippen LogP contribution in [0.3, 0.4) is 0 Å². The molecule has 10 heteroatoms. The highest BCUT2D eigenvalue weighted by molar-refractivity contribution is 6.99. The van der Waals surface area contributed by atoms with Gasteiger partial charge in [0.15, 0.2) is 5.69 Å². The summed E-state index contributed by atoms with van der Waals surface area (Å²) in [6.07, 6.45) is 0.423. The van der Waals surface area contributed by atoms with E-state index in [1.54, 1.807) is 6.08 Å². The molecule has 0 radical (unpaired) electrons. The molecule has 0 aliphatic carbocycles. The molecule has 0 unspecified atom stereocenters. The maximum atomic E-state index is 11.4. The van der Waals surface area contributed by atoms with Crippen LogP contribution in [0.15, 0.2) is 167 Å². The first kappa shape index (κ1) is 42.7. The molecule has 1 aromatic heterocycles. The van der Waals surface area contributed by atoms with E-state index in [-0.39, 0.29) is 49.2 Å². The maximum absolute atomic E-state index is 11.4. The van der Waals surface area contributed by atoms with E-state index in [4.69, 9.17) is 37.8 Å². The lowest BCUT2D eigenvalue weighted by atomic mass is 10.0. The van der Waals surface area contributed by atoms with E-state index in [0.717, 1.165) is 32.6 Å². The van der Waals surface area contributed by atoms with Crippen molar-refractivity contribution in [3.05, 3.63) is 186 Å². The Morgan fingerprint density at radius 2 is 1.18 bits per heavy atom. The molecular formula is C50H54N2O7Si. The fraction of sp³-hybridized carbons (Fsp3) is 0.280. The average Bonchev–Trinajstić information content (AvgIpc) is 3.81. The van der Waals surface area contributed by atoms with Crippen molar-refractivity contribution in [2.24, 2.45) is 4.99 Å². The fourth-order valence-electron chi connectivity index (χ4n) is 7.69. The van der Waals surface area contributed by atoms with Gasteiger partial charge in [0.25, 0.3) is 8.32 Å². The molecule has 60 heavy (non-hydrogen) atoms. The smallest absolute Gasteiger partial charge is 0.312 e. The Balaban J connectivity index is 1.20. The maximum Gasteiger partial charge on any atom is 0.312 e. The van der Waals surface area contributed by atoms with Gasteiger partial charge in [-0.15, -0.1) is 0 Å². The highest BCUT2D eigenvalue weighted by atomic mass is 28.4. The van der Waals surface area contributed by atoms with E-state index in [2.05, 4.69) is 69.3 Å². The summed E-state index contributed by atoms with van der Waals surface area (Å²) in [6.45, 7) is 10.4. The van der Waals surface area contributed by atoms with Gasteiger partial charge in [0.05, 0.1) is 33.0 Å². The number of hydrogen-bond donors (Lipinski definition) is 1. The summed E-state index contributed by atoms with van der Waals surface area (Å²) in [4.78, 5) is 10.1. The van der Waals surface area contributed by atoms with Crippen molar-refractivity contribution >= 4 is 30.5 Å². The van der Waals surface area contributed by atoms with Crippen LogP contribution in [0.1, 0.15) is 56.0 Å². The molecular weight excluding hydrogens is 769 g/mol. The Hall–Kier alpha value is -5.46. The van der Waals surface area contributed by atoms with E-state index in [9.17, 15) is 5.11 Å². The summed E-state index contributed by atoms with van der Waals surface area (Å²) >= 11 is 0. The highest BCUT2D eigenvalue weighted by Gasteiger charge is 2.52. The second kappa shape index (κ2) is 20.2. The number of aliphatic imine (C=N–C) groups is 1. The molecule has 1 aliphatic heterocycles. The second-order valence-electron chi connectivity index (χ2n) is 16.0. The van der Waals surface area contributed by atoms with Crippen LogP contribution in [-0.2, 0) is 43.2 Å². The molecule has 7 rings (SSSR count). The number of oxazole rings is 1. The summed E-state index contributed by atoms with van der Waals surface area (Å²) in [7, 11) is -2.96. The van der Waals surface area contributed by atoms with Crippen LogP contribution in [0.4, 0.5) is 0 Å². The van der Waals surface area contributed by atoms with Crippen molar-refractivity contribution in [2.45, 2.75) is 70.8 Å². The molecule has 2 heterocycles. The molecule has 6 aromatic rings. The van der Waals surface area contributed by atoms with E-state index < -0.39 is 26.6 Å². The third-order valence-electron chi connectivity index (χ3n) is 10.5. The summed E-state index contributed by atoms with van der Waals surface area (Å²) in [5.74, 6) is -0.143.